The summed E-state index contributed by atoms with van der Waals surface area (Å²) in [5, 5.41) is 10.1. The molecular weight excluding hydrogens is 204 g/mol. The fourth-order valence-electron chi connectivity index (χ4n) is 1.50. The van der Waals surface area contributed by atoms with Gasteiger partial charge in [0.2, 0.25) is 0 Å². The summed E-state index contributed by atoms with van der Waals surface area (Å²) in [5.74, 6) is -0.900. The Morgan fingerprint density at radius 3 is 2.19 bits per heavy atom. The Hall–Kier alpha value is -1.64. The molecule has 1 rings (SSSR count). The van der Waals surface area contributed by atoms with Crippen molar-refractivity contribution in [1.82, 2.24) is 0 Å². The van der Waals surface area contributed by atoms with E-state index < -0.39 is 5.97 Å². The lowest BCUT2D eigenvalue weighted by Crippen LogP contribution is -2.21. The second-order valence-electron chi connectivity index (χ2n) is 3.72. The highest BCUT2D eigenvalue weighted by molar-refractivity contribution is 5.95. The maximum Gasteiger partial charge on any atom is 0.162 e. The van der Waals surface area contributed by atoms with E-state index >= 15 is 0 Å². The fourth-order valence-corrected chi connectivity index (χ4v) is 1.50. The molecular formula is C13H15O3-. The van der Waals surface area contributed by atoms with Gasteiger partial charge in [-0.15, -0.1) is 0 Å². The van der Waals surface area contributed by atoms with Gasteiger partial charge in [0.05, 0.1) is 0 Å². The zero-order valence-electron chi connectivity index (χ0n) is 9.15. The number of aliphatic carboxylic acids is 1. The predicted octanol–water partition coefficient (Wildman–Crippen LogP) is 1.57. The minimum atomic E-state index is -1.02. The van der Waals surface area contributed by atoms with Crippen LogP contribution in [-0.2, 0) is 4.79 Å². The molecule has 1 aromatic rings. The normalized spacial score (nSPS) is 10.0. The molecule has 0 fully saturated rings. The van der Waals surface area contributed by atoms with Crippen LogP contribution in [0.25, 0.3) is 0 Å². The van der Waals surface area contributed by atoms with Gasteiger partial charge in [0.15, 0.2) is 5.78 Å². The Kier molecular flexibility index (Phi) is 5.26. The van der Waals surface area contributed by atoms with Crippen molar-refractivity contribution < 1.29 is 14.7 Å². The zero-order chi connectivity index (χ0) is 11.8. The molecule has 0 unspecified atom stereocenters. The number of rotatable bonds is 7. The third-order valence-corrected chi connectivity index (χ3v) is 2.38. The highest BCUT2D eigenvalue weighted by Gasteiger charge is 2.03. The van der Waals surface area contributed by atoms with Crippen LogP contribution in [-0.4, -0.2) is 11.8 Å². The number of hydrogen-bond acceptors (Lipinski definition) is 3. The Morgan fingerprint density at radius 2 is 1.56 bits per heavy atom. The molecule has 86 valence electrons. The van der Waals surface area contributed by atoms with Crippen molar-refractivity contribution in [3.05, 3.63) is 35.9 Å². The number of Topliss-reactive ketones (excluding diaryl/α,β-unsaturated/α-hetero) is 1. The molecule has 0 aliphatic rings. The number of carboxylic acid groups (broad SMARTS) is 1. The van der Waals surface area contributed by atoms with Crippen molar-refractivity contribution in [1.29, 1.82) is 0 Å². The van der Waals surface area contributed by atoms with E-state index in [2.05, 4.69) is 0 Å². The first-order valence-electron chi connectivity index (χ1n) is 5.48. The van der Waals surface area contributed by atoms with E-state index in [9.17, 15) is 14.7 Å². The van der Waals surface area contributed by atoms with Gasteiger partial charge < -0.3 is 9.90 Å². The van der Waals surface area contributed by atoms with E-state index in [1.165, 1.54) is 0 Å². The largest absolute Gasteiger partial charge is 0.550 e. The summed E-state index contributed by atoms with van der Waals surface area (Å²) in [6, 6.07) is 9.14. The third kappa shape index (κ3) is 4.73. The van der Waals surface area contributed by atoms with Crippen molar-refractivity contribution in [2.45, 2.75) is 32.1 Å². The molecule has 0 heterocycles. The van der Waals surface area contributed by atoms with Crippen LogP contribution in [0.2, 0.25) is 0 Å². The number of carbonyl (C=O) groups excluding carboxylic acids is 2. The summed E-state index contributed by atoms with van der Waals surface area (Å²) in [6.45, 7) is 0. The van der Waals surface area contributed by atoms with Gasteiger partial charge in [-0.2, -0.15) is 0 Å². The molecule has 0 aliphatic carbocycles. The van der Waals surface area contributed by atoms with Crippen molar-refractivity contribution in [2.75, 3.05) is 0 Å². The average molecular weight is 219 g/mol. The van der Waals surface area contributed by atoms with Gasteiger partial charge in [-0.1, -0.05) is 36.8 Å². The second-order valence-corrected chi connectivity index (χ2v) is 3.72. The van der Waals surface area contributed by atoms with Crippen molar-refractivity contribution in [3.8, 4) is 0 Å². The van der Waals surface area contributed by atoms with E-state index in [1.807, 2.05) is 18.2 Å². The molecule has 16 heavy (non-hydrogen) atoms. The van der Waals surface area contributed by atoms with Crippen LogP contribution in [0.5, 0.6) is 0 Å². The first kappa shape index (κ1) is 12.4. The molecule has 0 spiro atoms. The molecule has 0 aromatic heterocycles. The Bertz CT molecular complexity index is 343. The maximum absolute atomic E-state index is 11.6. The summed E-state index contributed by atoms with van der Waals surface area (Å²) >= 11 is 0. The number of benzene rings is 1. The van der Waals surface area contributed by atoms with Crippen LogP contribution in [0, 0.1) is 0 Å². The number of carbonyl (C=O) groups is 2. The van der Waals surface area contributed by atoms with Gasteiger partial charge in [0.1, 0.15) is 0 Å². The topological polar surface area (TPSA) is 57.2 Å². The van der Waals surface area contributed by atoms with Gasteiger partial charge in [0, 0.05) is 18.0 Å². The van der Waals surface area contributed by atoms with Gasteiger partial charge >= 0.3 is 0 Å². The molecule has 0 atom stereocenters. The van der Waals surface area contributed by atoms with E-state index in [-0.39, 0.29) is 12.2 Å². The number of carboxylic acids is 1. The van der Waals surface area contributed by atoms with Crippen molar-refractivity contribution in [3.63, 3.8) is 0 Å². The highest BCUT2D eigenvalue weighted by Crippen LogP contribution is 2.08. The van der Waals surface area contributed by atoms with Gasteiger partial charge in [0.25, 0.3) is 0 Å². The zero-order valence-corrected chi connectivity index (χ0v) is 9.15. The SMILES string of the molecule is O=C([O-])CCCCCC(=O)c1ccccc1. The van der Waals surface area contributed by atoms with Crippen LogP contribution < -0.4 is 5.11 Å². The molecule has 3 heteroatoms. The third-order valence-electron chi connectivity index (χ3n) is 2.38. The van der Waals surface area contributed by atoms with Gasteiger partial charge in [-0.25, -0.2) is 0 Å². The lowest BCUT2D eigenvalue weighted by atomic mass is 10.0. The Morgan fingerprint density at radius 1 is 0.938 bits per heavy atom. The quantitative estimate of drug-likeness (QED) is 0.516. The number of unbranched alkanes of at least 4 members (excludes halogenated alkanes) is 2. The first-order chi connectivity index (χ1) is 7.70. The summed E-state index contributed by atoms with van der Waals surface area (Å²) in [4.78, 5) is 21.8. The Labute approximate surface area is 95.1 Å². The van der Waals surface area contributed by atoms with Crippen LogP contribution in [0.3, 0.4) is 0 Å². The Balaban J connectivity index is 2.19. The second kappa shape index (κ2) is 6.77. The van der Waals surface area contributed by atoms with E-state index in [4.69, 9.17) is 0 Å². The standard InChI is InChI=1S/C13H16O3/c14-12(11-7-3-1-4-8-11)9-5-2-6-10-13(15)16/h1,3-4,7-8H,2,5-6,9-10H2,(H,15,16)/p-1. The van der Waals surface area contributed by atoms with Crippen LogP contribution in [0.15, 0.2) is 30.3 Å². The van der Waals surface area contributed by atoms with E-state index in [0.717, 1.165) is 18.4 Å². The monoisotopic (exact) mass is 219 g/mol. The summed E-state index contributed by atoms with van der Waals surface area (Å²) in [6.07, 6.45) is 2.65. The van der Waals surface area contributed by atoms with E-state index in [1.54, 1.807) is 12.1 Å². The van der Waals surface area contributed by atoms with Crippen LogP contribution >= 0.6 is 0 Å². The predicted molar refractivity (Wildman–Crippen MR) is 58.9 cm³/mol. The minimum absolute atomic E-state index is 0.0829. The van der Waals surface area contributed by atoms with Crippen LogP contribution in [0.4, 0.5) is 0 Å². The molecule has 3 nitrogen and oxygen atoms in total. The number of ketones is 1. The average Bonchev–Trinajstić information content (AvgIpc) is 2.29. The number of hydrogen-bond donors (Lipinski definition) is 0. The van der Waals surface area contributed by atoms with Crippen molar-refractivity contribution in [2.24, 2.45) is 0 Å². The molecule has 0 saturated carbocycles. The smallest absolute Gasteiger partial charge is 0.162 e. The lowest BCUT2D eigenvalue weighted by Gasteiger charge is -2.02. The molecule has 0 bridgehead atoms. The molecule has 0 N–H and O–H groups in total. The molecule has 1 aromatic carbocycles. The minimum Gasteiger partial charge on any atom is -0.550 e. The summed E-state index contributed by atoms with van der Waals surface area (Å²) < 4.78 is 0. The van der Waals surface area contributed by atoms with Crippen LogP contribution in [0.1, 0.15) is 42.5 Å². The maximum atomic E-state index is 11.6. The summed E-state index contributed by atoms with van der Waals surface area (Å²) in [7, 11) is 0. The molecule has 0 amide bonds. The molecule has 0 aliphatic heterocycles. The van der Waals surface area contributed by atoms with Crippen molar-refractivity contribution >= 4 is 11.8 Å². The first-order valence-corrected chi connectivity index (χ1v) is 5.48. The fraction of sp³-hybridized carbons (Fsp3) is 0.385. The lowest BCUT2D eigenvalue weighted by molar-refractivity contribution is -0.305. The van der Waals surface area contributed by atoms with E-state index in [0.29, 0.717) is 12.8 Å². The van der Waals surface area contributed by atoms with Gasteiger partial charge in [-0.3, -0.25) is 4.79 Å². The molecule has 0 radical (unpaired) electrons. The molecule has 0 saturated heterocycles. The van der Waals surface area contributed by atoms with Gasteiger partial charge in [-0.05, 0) is 19.3 Å². The summed E-state index contributed by atoms with van der Waals surface area (Å²) in [5.41, 5.74) is 0.724. The highest BCUT2D eigenvalue weighted by atomic mass is 16.4.